The Morgan fingerprint density at radius 1 is 1.26 bits per heavy atom. The van der Waals surface area contributed by atoms with Crippen molar-refractivity contribution >= 4 is 0 Å². The molecule has 4 heterocycles. The van der Waals surface area contributed by atoms with Gasteiger partial charge in [0.1, 0.15) is 5.60 Å². The van der Waals surface area contributed by atoms with Gasteiger partial charge in [-0.2, -0.15) is 0 Å². The van der Waals surface area contributed by atoms with Crippen LogP contribution in [0.15, 0.2) is 23.0 Å². The van der Waals surface area contributed by atoms with E-state index in [0.29, 0.717) is 5.92 Å². The average molecular weight is 260 g/mol. The van der Waals surface area contributed by atoms with Crippen LogP contribution in [0.1, 0.15) is 31.4 Å². The monoisotopic (exact) mass is 260 g/mol. The van der Waals surface area contributed by atoms with E-state index in [4.69, 9.17) is 0 Å². The highest BCUT2D eigenvalue weighted by Crippen LogP contribution is 2.46. The van der Waals surface area contributed by atoms with Crippen molar-refractivity contribution in [3.05, 3.63) is 34.2 Å². The predicted molar refractivity (Wildman–Crippen MR) is 71.9 cm³/mol. The first-order valence-corrected chi connectivity index (χ1v) is 7.37. The number of hydrogen-bond donors (Lipinski definition) is 1. The molecule has 2 saturated heterocycles. The summed E-state index contributed by atoms with van der Waals surface area (Å²) >= 11 is 0. The number of hydrogen-bond acceptors (Lipinski definition) is 3. The number of aromatic nitrogens is 1. The molecule has 3 aliphatic rings. The van der Waals surface area contributed by atoms with Crippen LogP contribution in [-0.4, -0.2) is 33.7 Å². The van der Waals surface area contributed by atoms with E-state index in [0.717, 1.165) is 44.6 Å². The van der Waals surface area contributed by atoms with Crippen molar-refractivity contribution in [2.45, 2.75) is 43.9 Å². The zero-order chi connectivity index (χ0) is 13.0. The molecule has 4 rings (SSSR count). The summed E-state index contributed by atoms with van der Waals surface area (Å²) in [5, 5.41) is 11.3. The SMILES string of the molecule is O=c1cccc2n1CC1CCCN3CCCC2(O)C13. The second-order valence-electron chi connectivity index (χ2n) is 6.27. The average Bonchev–Trinajstić information content (AvgIpc) is 2.41. The number of aliphatic hydroxyl groups is 1. The summed E-state index contributed by atoms with van der Waals surface area (Å²) in [7, 11) is 0. The summed E-state index contributed by atoms with van der Waals surface area (Å²) in [6, 6.07) is 5.55. The van der Waals surface area contributed by atoms with Crippen molar-refractivity contribution in [1.29, 1.82) is 0 Å². The third kappa shape index (κ3) is 1.50. The molecule has 1 aromatic heterocycles. The van der Waals surface area contributed by atoms with Crippen LogP contribution in [-0.2, 0) is 12.1 Å². The standard InChI is InChI=1S/C15H20N2O2/c18-13-6-1-5-12-15(19)7-3-9-16-8-2-4-11(14(15)16)10-17(12)13/h1,5-6,11,14,19H,2-4,7-10H2. The molecule has 3 unspecified atom stereocenters. The molecule has 19 heavy (non-hydrogen) atoms. The summed E-state index contributed by atoms with van der Waals surface area (Å²) in [5.74, 6) is 0.423. The molecule has 3 aliphatic heterocycles. The summed E-state index contributed by atoms with van der Waals surface area (Å²) in [6.45, 7) is 2.97. The summed E-state index contributed by atoms with van der Waals surface area (Å²) in [4.78, 5) is 14.5. The van der Waals surface area contributed by atoms with Gasteiger partial charge in [-0.25, -0.2) is 0 Å². The maximum absolute atomic E-state index is 12.1. The van der Waals surface area contributed by atoms with Gasteiger partial charge in [-0.1, -0.05) is 6.07 Å². The molecule has 0 radical (unpaired) electrons. The quantitative estimate of drug-likeness (QED) is 0.754. The molecule has 102 valence electrons. The Morgan fingerprint density at radius 2 is 2.11 bits per heavy atom. The Labute approximate surface area is 112 Å². The first-order chi connectivity index (χ1) is 9.20. The number of pyridine rings is 1. The highest BCUT2D eigenvalue weighted by molar-refractivity contribution is 5.23. The first kappa shape index (κ1) is 11.7. The molecule has 0 spiro atoms. The number of fused-ring (bicyclic) bond motifs is 2. The van der Waals surface area contributed by atoms with Gasteiger partial charge < -0.3 is 9.67 Å². The Hall–Kier alpha value is -1.13. The number of nitrogens with zero attached hydrogens (tertiary/aromatic N) is 2. The lowest BCUT2D eigenvalue weighted by atomic mass is 9.69. The molecule has 3 atom stereocenters. The van der Waals surface area contributed by atoms with Crippen LogP contribution >= 0.6 is 0 Å². The van der Waals surface area contributed by atoms with E-state index in [1.807, 2.05) is 10.6 Å². The van der Waals surface area contributed by atoms with E-state index in [1.165, 1.54) is 6.42 Å². The second kappa shape index (κ2) is 3.93. The molecule has 2 fully saturated rings. The summed E-state index contributed by atoms with van der Waals surface area (Å²) in [6.07, 6.45) is 4.12. The Balaban J connectivity index is 1.92. The normalized spacial score (nSPS) is 37.5. The van der Waals surface area contributed by atoms with Gasteiger partial charge in [-0.15, -0.1) is 0 Å². The van der Waals surface area contributed by atoms with Crippen LogP contribution in [0, 0.1) is 5.92 Å². The van der Waals surface area contributed by atoms with Gasteiger partial charge in [0.05, 0.1) is 5.69 Å². The van der Waals surface area contributed by atoms with Crippen LogP contribution < -0.4 is 5.56 Å². The number of piperidine rings is 2. The van der Waals surface area contributed by atoms with E-state index in [9.17, 15) is 9.90 Å². The fourth-order valence-corrected chi connectivity index (χ4v) is 4.59. The topological polar surface area (TPSA) is 45.5 Å². The fourth-order valence-electron chi connectivity index (χ4n) is 4.59. The second-order valence-corrected chi connectivity index (χ2v) is 6.27. The van der Waals surface area contributed by atoms with Crippen molar-refractivity contribution < 1.29 is 5.11 Å². The molecule has 1 aromatic rings. The van der Waals surface area contributed by atoms with Gasteiger partial charge in [0.15, 0.2) is 0 Å². The Kier molecular flexibility index (Phi) is 2.42. The molecule has 4 heteroatoms. The highest BCUT2D eigenvalue weighted by atomic mass is 16.3. The van der Waals surface area contributed by atoms with E-state index in [-0.39, 0.29) is 11.6 Å². The molecule has 0 aliphatic carbocycles. The predicted octanol–water partition coefficient (Wildman–Crippen LogP) is 0.924. The number of rotatable bonds is 0. The minimum absolute atomic E-state index is 0.0343. The van der Waals surface area contributed by atoms with Gasteiger partial charge in [-0.3, -0.25) is 9.69 Å². The Bertz CT molecular complexity index is 566. The lowest BCUT2D eigenvalue weighted by Crippen LogP contribution is -2.64. The first-order valence-electron chi connectivity index (χ1n) is 7.37. The Morgan fingerprint density at radius 3 is 3.00 bits per heavy atom. The minimum atomic E-state index is -0.817. The lowest BCUT2D eigenvalue weighted by molar-refractivity contribution is -0.142. The van der Waals surface area contributed by atoms with E-state index in [1.54, 1.807) is 12.1 Å². The van der Waals surface area contributed by atoms with Gasteiger partial charge in [-0.05, 0) is 50.8 Å². The zero-order valence-electron chi connectivity index (χ0n) is 11.1. The smallest absolute Gasteiger partial charge is 0.250 e. The lowest BCUT2D eigenvalue weighted by Gasteiger charge is -2.56. The molecule has 4 nitrogen and oxygen atoms in total. The van der Waals surface area contributed by atoms with Gasteiger partial charge >= 0.3 is 0 Å². The van der Waals surface area contributed by atoms with E-state index >= 15 is 0 Å². The van der Waals surface area contributed by atoms with E-state index in [2.05, 4.69) is 4.90 Å². The van der Waals surface area contributed by atoms with Crippen molar-refractivity contribution in [3.63, 3.8) is 0 Å². The van der Waals surface area contributed by atoms with Crippen LogP contribution in [0.25, 0.3) is 0 Å². The zero-order valence-corrected chi connectivity index (χ0v) is 11.1. The molecule has 0 aromatic carbocycles. The third-order valence-corrected chi connectivity index (χ3v) is 5.26. The van der Waals surface area contributed by atoms with Crippen molar-refractivity contribution in [3.8, 4) is 0 Å². The molecule has 1 N–H and O–H groups in total. The van der Waals surface area contributed by atoms with E-state index < -0.39 is 5.60 Å². The van der Waals surface area contributed by atoms with Gasteiger partial charge in [0.2, 0.25) is 0 Å². The molecule has 0 amide bonds. The van der Waals surface area contributed by atoms with Crippen LogP contribution in [0.4, 0.5) is 0 Å². The van der Waals surface area contributed by atoms with Crippen LogP contribution in [0.2, 0.25) is 0 Å². The molecular formula is C15H20N2O2. The van der Waals surface area contributed by atoms with Crippen LogP contribution in [0.3, 0.4) is 0 Å². The molecule has 0 saturated carbocycles. The van der Waals surface area contributed by atoms with Crippen molar-refractivity contribution in [2.24, 2.45) is 5.92 Å². The maximum atomic E-state index is 12.1. The third-order valence-electron chi connectivity index (χ3n) is 5.26. The maximum Gasteiger partial charge on any atom is 0.250 e. The van der Waals surface area contributed by atoms with Crippen LogP contribution in [0.5, 0.6) is 0 Å². The van der Waals surface area contributed by atoms with Crippen molar-refractivity contribution in [1.82, 2.24) is 9.47 Å². The fraction of sp³-hybridized carbons (Fsp3) is 0.667. The minimum Gasteiger partial charge on any atom is -0.382 e. The van der Waals surface area contributed by atoms with Gasteiger partial charge in [0, 0.05) is 18.7 Å². The highest BCUT2D eigenvalue weighted by Gasteiger charge is 2.53. The largest absolute Gasteiger partial charge is 0.382 e. The summed E-state index contributed by atoms with van der Waals surface area (Å²) < 4.78 is 1.82. The summed E-state index contributed by atoms with van der Waals surface area (Å²) in [5.41, 5.74) is 0.0575. The molecular weight excluding hydrogens is 240 g/mol. The van der Waals surface area contributed by atoms with Gasteiger partial charge in [0.25, 0.3) is 5.56 Å². The van der Waals surface area contributed by atoms with Crippen molar-refractivity contribution in [2.75, 3.05) is 13.1 Å². The molecule has 0 bridgehead atoms.